The van der Waals surface area contributed by atoms with Gasteiger partial charge in [-0.2, -0.15) is 0 Å². The second kappa shape index (κ2) is 4.80. The normalized spacial score (nSPS) is 10.5. The van der Waals surface area contributed by atoms with Crippen molar-refractivity contribution in [2.24, 2.45) is 0 Å². The quantitative estimate of drug-likeness (QED) is 0.752. The second-order valence-corrected chi connectivity index (χ2v) is 5.52. The molecule has 1 heterocycles. The fraction of sp³-hybridized carbons (Fsp3) is 0.214. The first kappa shape index (κ1) is 12.0. The Hall–Kier alpha value is -1.48. The third kappa shape index (κ3) is 2.80. The van der Waals surface area contributed by atoms with Crippen LogP contribution in [0.25, 0.3) is 0 Å². The van der Waals surface area contributed by atoms with Crippen LogP contribution in [0.4, 0.5) is 4.39 Å². The maximum Gasteiger partial charge on any atom is 0.168 e. The van der Waals surface area contributed by atoms with Crippen LogP contribution in [0.1, 0.15) is 25.7 Å². The lowest BCUT2D eigenvalue weighted by Crippen LogP contribution is -2.03. The molecule has 1 aromatic carbocycles. The van der Waals surface area contributed by atoms with E-state index in [1.165, 1.54) is 12.1 Å². The van der Waals surface area contributed by atoms with Crippen molar-refractivity contribution in [3.8, 4) is 0 Å². The third-order valence-electron chi connectivity index (χ3n) is 2.60. The number of benzene rings is 1. The Morgan fingerprint density at radius 1 is 1.29 bits per heavy atom. The molecule has 0 bridgehead atoms. The van der Waals surface area contributed by atoms with E-state index in [-0.39, 0.29) is 18.0 Å². The van der Waals surface area contributed by atoms with E-state index >= 15 is 0 Å². The van der Waals surface area contributed by atoms with Gasteiger partial charge in [-0.05, 0) is 37.6 Å². The molecule has 0 saturated carbocycles. The molecular weight excluding hydrogens is 235 g/mol. The van der Waals surface area contributed by atoms with Gasteiger partial charge in [-0.25, -0.2) is 4.39 Å². The number of halogens is 1. The van der Waals surface area contributed by atoms with Crippen molar-refractivity contribution in [3.05, 3.63) is 57.0 Å². The summed E-state index contributed by atoms with van der Waals surface area (Å²) in [5.41, 5.74) is 1.48. The van der Waals surface area contributed by atoms with Gasteiger partial charge in [0.05, 0.1) is 0 Å². The first-order valence-electron chi connectivity index (χ1n) is 5.41. The molecule has 0 radical (unpaired) electrons. The number of carbonyl (C=O) groups excluding carboxylic acids is 1. The van der Waals surface area contributed by atoms with E-state index in [1.54, 1.807) is 23.5 Å². The Labute approximate surface area is 104 Å². The lowest BCUT2D eigenvalue weighted by molar-refractivity contribution is 0.0993. The summed E-state index contributed by atoms with van der Waals surface area (Å²) in [7, 11) is 0. The molecule has 88 valence electrons. The molecular formula is C14H13FOS. The van der Waals surface area contributed by atoms with E-state index < -0.39 is 0 Å². The molecule has 0 saturated heterocycles. The van der Waals surface area contributed by atoms with Crippen LogP contribution >= 0.6 is 11.3 Å². The van der Waals surface area contributed by atoms with E-state index in [9.17, 15) is 9.18 Å². The number of Topliss-reactive ketones (excluding diaryl/α,β-unsaturated/α-hetero) is 1. The standard InChI is InChI=1S/C14H13FOS/c1-9-6-13(10(2)17-9)14(16)8-11-4-3-5-12(15)7-11/h3-7H,8H2,1-2H3. The number of ketones is 1. The summed E-state index contributed by atoms with van der Waals surface area (Å²) in [6.45, 7) is 3.92. The Kier molecular flexibility index (Phi) is 3.38. The molecule has 1 nitrogen and oxygen atoms in total. The zero-order valence-corrected chi connectivity index (χ0v) is 10.6. The molecule has 0 aliphatic heterocycles. The molecule has 2 aromatic rings. The molecule has 0 amide bonds. The minimum absolute atomic E-state index is 0.0532. The topological polar surface area (TPSA) is 17.1 Å². The number of carbonyl (C=O) groups is 1. The van der Waals surface area contributed by atoms with Gasteiger partial charge in [0.25, 0.3) is 0 Å². The van der Waals surface area contributed by atoms with Crippen molar-refractivity contribution >= 4 is 17.1 Å². The zero-order chi connectivity index (χ0) is 12.4. The molecule has 17 heavy (non-hydrogen) atoms. The Balaban J connectivity index is 2.20. The monoisotopic (exact) mass is 248 g/mol. The summed E-state index contributed by atoms with van der Waals surface area (Å²) in [5.74, 6) is -0.244. The Bertz CT molecular complexity index is 557. The minimum Gasteiger partial charge on any atom is -0.294 e. The average molecular weight is 248 g/mol. The van der Waals surface area contributed by atoms with Crippen molar-refractivity contribution in [2.45, 2.75) is 20.3 Å². The molecule has 0 unspecified atom stereocenters. The highest BCUT2D eigenvalue weighted by Crippen LogP contribution is 2.22. The first-order valence-corrected chi connectivity index (χ1v) is 6.22. The van der Waals surface area contributed by atoms with E-state index in [0.29, 0.717) is 0 Å². The fourth-order valence-corrected chi connectivity index (χ4v) is 2.78. The summed E-state index contributed by atoms with van der Waals surface area (Å²) in [4.78, 5) is 14.2. The second-order valence-electron chi connectivity index (χ2n) is 4.06. The lowest BCUT2D eigenvalue weighted by Gasteiger charge is -2.01. The van der Waals surface area contributed by atoms with Crippen molar-refractivity contribution in [3.63, 3.8) is 0 Å². The number of hydrogen-bond acceptors (Lipinski definition) is 2. The number of rotatable bonds is 3. The number of aryl methyl sites for hydroxylation is 2. The van der Waals surface area contributed by atoms with Crippen LogP contribution in [-0.2, 0) is 6.42 Å². The van der Waals surface area contributed by atoms with Gasteiger partial charge in [0.1, 0.15) is 5.82 Å². The van der Waals surface area contributed by atoms with Crippen LogP contribution in [0, 0.1) is 19.7 Å². The van der Waals surface area contributed by atoms with Crippen molar-refractivity contribution in [2.75, 3.05) is 0 Å². The molecule has 2 rings (SSSR count). The maximum atomic E-state index is 13.0. The predicted octanol–water partition coefficient (Wildman–Crippen LogP) is 3.93. The molecule has 0 atom stereocenters. The molecule has 3 heteroatoms. The van der Waals surface area contributed by atoms with Crippen LogP contribution in [-0.4, -0.2) is 5.78 Å². The summed E-state index contributed by atoms with van der Waals surface area (Å²) in [5, 5.41) is 0. The van der Waals surface area contributed by atoms with Gasteiger partial charge < -0.3 is 0 Å². The summed E-state index contributed by atoms with van der Waals surface area (Å²) in [6.07, 6.45) is 0.259. The summed E-state index contributed by atoms with van der Waals surface area (Å²) >= 11 is 1.62. The molecule has 0 N–H and O–H groups in total. The van der Waals surface area contributed by atoms with Gasteiger partial charge in [0.2, 0.25) is 0 Å². The van der Waals surface area contributed by atoms with E-state index in [0.717, 1.165) is 20.9 Å². The van der Waals surface area contributed by atoms with Gasteiger partial charge >= 0.3 is 0 Å². The Morgan fingerprint density at radius 2 is 2.06 bits per heavy atom. The zero-order valence-electron chi connectivity index (χ0n) is 9.79. The molecule has 0 fully saturated rings. The Morgan fingerprint density at radius 3 is 2.65 bits per heavy atom. The van der Waals surface area contributed by atoms with Crippen LogP contribution in [0.15, 0.2) is 30.3 Å². The highest BCUT2D eigenvalue weighted by Gasteiger charge is 2.12. The summed E-state index contributed by atoms with van der Waals surface area (Å²) in [6, 6.07) is 8.10. The van der Waals surface area contributed by atoms with E-state index in [4.69, 9.17) is 0 Å². The van der Waals surface area contributed by atoms with Crippen LogP contribution < -0.4 is 0 Å². The minimum atomic E-state index is -0.298. The molecule has 0 aliphatic rings. The van der Waals surface area contributed by atoms with E-state index in [2.05, 4.69) is 0 Å². The van der Waals surface area contributed by atoms with Crippen molar-refractivity contribution in [1.29, 1.82) is 0 Å². The SMILES string of the molecule is Cc1cc(C(=O)Cc2cccc(F)c2)c(C)s1. The molecule has 0 spiro atoms. The highest BCUT2D eigenvalue weighted by molar-refractivity contribution is 7.12. The smallest absolute Gasteiger partial charge is 0.168 e. The van der Waals surface area contributed by atoms with Crippen LogP contribution in [0.2, 0.25) is 0 Å². The maximum absolute atomic E-state index is 13.0. The highest BCUT2D eigenvalue weighted by atomic mass is 32.1. The van der Waals surface area contributed by atoms with Gasteiger partial charge in [0.15, 0.2) is 5.78 Å². The van der Waals surface area contributed by atoms with Gasteiger partial charge in [-0.1, -0.05) is 12.1 Å². The van der Waals surface area contributed by atoms with Crippen molar-refractivity contribution in [1.82, 2.24) is 0 Å². The van der Waals surface area contributed by atoms with Crippen LogP contribution in [0.3, 0.4) is 0 Å². The number of hydrogen-bond donors (Lipinski definition) is 0. The largest absolute Gasteiger partial charge is 0.294 e. The lowest BCUT2D eigenvalue weighted by atomic mass is 10.0. The summed E-state index contributed by atoms with van der Waals surface area (Å²) < 4.78 is 13.0. The number of thiophene rings is 1. The van der Waals surface area contributed by atoms with Crippen LogP contribution in [0.5, 0.6) is 0 Å². The average Bonchev–Trinajstić information content (AvgIpc) is 2.58. The first-order chi connectivity index (χ1) is 8.06. The van der Waals surface area contributed by atoms with Crippen molar-refractivity contribution < 1.29 is 9.18 Å². The molecule has 0 aliphatic carbocycles. The van der Waals surface area contributed by atoms with Gasteiger partial charge in [-0.3, -0.25) is 4.79 Å². The van der Waals surface area contributed by atoms with E-state index in [1.807, 2.05) is 19.9 Å². The fourth-order valence-electron chi connectivity index (χ4n) is 1.84. The third-order valence-corrected chi connectivity index (χ3v) is 3.56. The predicted molar refractivity (Wildman–Crippen MR) is 68.2 cm³/mol. The van der Waals surface area contributed by atoms with Gasteiger partial charge in [-0.15, -0.1) is 11.3 Å². The van der Waals surface area contributed by atoms with Gasteiger partial charge in [0, 0.05) is 21.7 Å². The molecule has 1 aromatic heterocycles.